The van der Waals surface area contributed by atoms with Crippen molar-refractivity contribution >= 4 is 67.9 Å². The van der Waals surface area contributed by atoms with Crippen LogP contribution >= 0.6 is 0 Å². The lowest BCUT2D eigenvalue weighted by atomic mass is 9.34. The summed E-state index contributed by atoms with van der Waals surface area (Å²) >= 11 is 0. The molecule has 1 aromatic heterocycles. The zero-order valence-corrected chi connectivity index (χ0v) is 27.9. The molecule has 4 aliphatic heterocycles. The van der Waals surface area contributed by atoms with Crippen molar-refractivity contribution in [2.24, 2.45) is 0 Å². The number of rotatable bonds is 1. The van der Waals surface area contributed by atoms with Crippen LogP contribution in [0.3, 0.4) is 0 Å². The van der Waals surface area contributed by atoms with Gasteiger partial charge in [-0.15, -0.1) is 0 Å². The number of anilines is 5. The molecule has 0 spiro atoms. The fraction of sp³-hybridized carbons (Fsp3) is 0.0870. The third-order valence-corrected chi connectivity index (χ3v) is 12.2. The van der Waals surface area contributed by atoms with Crippen LogP contribution in [-0.2, 0) is 5.41 Å². The molecule has 0 fully saturated rings. The number of hydrogen-bond acceptors (Lipinski definition) is 2. The molecule has 50 heavy (non-hydrogen) atoms. The maximum absolute atomic E-state index is 2.59. The number of allylic oxidation sites excluding steroid dienone is 5. The molecule has 1 unspecified atom stereocenters. The topological polar surface area (TPSA) is 11.4 Å². The number of benzene rings is 6. The molecule has 3 nitrogen and oxygen atoms in total. The summed E-state index contributed by atoms with van der Waals surface area (Å²) < 4.78 is 2.58. The van der Waals surface area contributed by atoms with Gasteiger partial charge >= 0.3 is 0 Å². The smallest absolute Gasteiger partial charge is 0.249 e. The average molecular weight is 638 g/mol. The lowest BCUT2D eigenvalue weighted by Gasteiger charge is -2.42. The zero-order valence-electron chi connectivity index (χ0n) is 27.9. The molecule has 0 saturated carbocycles. The van der Waals surface area contributed by atoms with Crippen molar-refractivity contribution in [2.75, 3.05) is 9.80 Å². The van der Waals surface area contributed by atoms with Crippen LogP contribution in [0.4, 0.5) is 28.4 Å². The van der Waals surface area contributed by atoms with Crippen molar-refractivity contribution in [1.29, 1.82) is 0 Å². The quantitative estimate of drug-likeness (QED) is 0.166. The van der Waals surface area contributed by atoms with Crippen LogP contribution in [0, 0.1) is 0 Å². The predicted octanol–water partition coefficient (Wildman–Crippen LogP) is 9.98. The molecule has 0 saturated heterocycles. The van der Waals surface area contributed by atoms with E-state index >= 15 is 0 Å². The summed E-state index contributed by atoms with van der Waals surface area (Å²) in [6.45, 7) is 4.83. The van der Waals surface area contributed by atoms with Gasteiger partial charge in [-0.2, -0.15) is 0 Å². The maximum Gasteiger partial charge on any atom is 0.249 e. The van der Waals surface area contributed by atoms with E-state index in [-0.39, 0.29) is 18.0 Å². The molecule has 7 aromatic rings. The standard InChI is InChI=1S/C46H32BN3/c1-46(2)34-18-5-9-23-39(34)48(40-24-10-6-19-35(40)46)29-26-42-44-43(27-29)50-38-22-8-4-15-32(38)33-17-12-20-36(45(33)50)47(44)28-13-11-16-31-30-14-3-7-21-37(30)49(42)41(31)25-28/h3-27,31H,1-2H3. The Kier molecular flexibility index (Phi) is 4.93. The van der Waals surface area contributed by atoms with Crippen LogP contribution in [-0.4, -0.2) is 11.3 Å². The van der Waals surface area contributed by atoms with Gasteiger partial charge in [-0.05, 0) is 70.1 Å². The molecule has 5 aliphatic rings. The van der Waals surface area contributed by atoms with Crippen LogP contribution in [0.15, 0.2) is 163 Å². The number of para-hydroxylation sites is 5. The van der Waals surface area contributed by atoms with E-state index in [0.29, 0.717) is 0 Å². The molecule has 12 rings (SSSR count). The molecular formula is C46H32BN3. The normalized spacial score (nSPS) is 18.2. The highest BCUT2D eigenvalue weighted by atomic mass is 15.2. The van der Waals surface area contributed by atoms with E-state index in [0.717, 1.165) is 0 Å². The van der Waals surface area contributed by atoms with Crippen LogP contribution in [0.2, 0.25) is 0 Å². The van der Waals surface area contributed by atoms with Crippen molar-refractivity contribution < 1.29 is 0 Å². The Morgan fingerprint density at radius 1 is 0.620 bits per heavy atom. The highest BCUT2D eigenvalue weighted by molar-refractivity contribution is 6.95. The van der Waals surface area contributed by atoms with E-state index < -0.39 is 0 Å². The van der Waals surface area contributed by atoms with Gasteiger partial charge in [-0.3, -0.25) is 0 Å². The Balaban J connectivity index is 1.26. The second-order valence-corrected chi connectivity index (χ2v) is 14.9. The van der Waals surface area contributed by atoms with Crippen molar-refractivity contribution in [3.05, 3.63) is 180 Å². The Hall–Kier alpha value is -6.00. The Bertz CT molecular complexity index is 2730. The number of fused-ring (bicyclic) bond motifs is 13. The first-order valence-corrected chi connectivity index (χ1v) is 17.8. The minimum absolute atomic E-state index is 0.100. The van der Waals surface area contributed by atoms with Crippen molar-refractivity contribution in [2.45, 2.75) is 25.2 Å². The summed E-state index contributed by atoms with van der Waals surface area (Å²) in [5.74, 6) is 0.201. The highest BCUT2D eigenvalue weighted by Crippen LogP contribution is 2.55. The second-order valence-electron chi connectivity index (χ2n) is 14.9. The molecule has 5 heterocycles. The first-order chi connectivity index (χ1) is 24.6. The summed E-state index contributed by atoms with van der Waals surface area (Å²) in [4.78, 5) is 5.12. The van der Waals surface area contributed by atoms with E-state index in [1.807, 2.05) is 0 Å². The number of nitrogens with zero attached hydrogens (tertiary/aromatic N) is 3. The van der Waals surface area contributed by atoms with Gasteiger partial charge in [0.05, 0.1) is 28.3 Å². The minimum Gasteiger partial charge on any atom is -0.313 e. The van der Waals surface area contributed by atoms with E-state index in [4.69, 9.17) is 0 Å². The molecule has 4 heteroatoms. The summed E-state index contributed by atoms with van der Waals surface area (Å²) in [6.07, 6.45) is 9.58. The summed E-state index contributed by atoms with van der Waals surface area (Å²) in [5.41, 5.74) is 19.4. The molecular weight excluding hydrogens is 605 g/mol. The molecule has 1 aliphatic carbocycles. The fourth-order valence-electron chi connectivity index (χ4n) is 10.1. The van der Waals surface area contributed by atoms with Gasteiger partial charge in [0.2, 0.25) is 6.71 Å². The Morgan fingerprint density at radius 2 is 1.30 bits per heavy atom. The van der Waals surface area contributed by atoms with E-state index in [9.17, 15) is 0 Å². The Labute approximate surface area is 291 Å². The van der Waals surface area contributed by atoms with Gasteiger partial charge in [0.15, 0.2) is 0 Å². The van der Waals surface area contributed by atoms with Crippen molar-refractivity contribution in [3.8, 4) is 5.69 Å². The summed E-state index contributed by atoms with van der Waals surface area (Å²) in [7, 11) is 0. The molecule has 0 N–H and O–H groups in total. The largest absolute Gasteiger partial charge is 0.313 e. The third kappa shape index (κ3) is 3.14. The van der Waals surface area contributed by atoms with Gasteiger partial charge in [-0.1, -0.05) is 129 Å². The summed E-state index contributed by atoms with van der Waals surface area (Å²) in [5, 5.41) is 2.62. The molecule has 0 amide bonds. The van der Waals surface area contributed by atoms with E-state index in [1.165, 1.54) is 94.7 Å². The lowest BCUT2D eigenvalue weighted by molar-refractivity contribution is 0.632. The van der Waals surface area contributed by atoms with Crippen LogP contribution < -0.4 is 20.7 Å². The van der Waals surface area contributed by atoms with Gasteiger partial charge < -0.3 is 14.4 Å². The summed E-state index contributed by atoms with van der Waals surface area (Å²) in [6, 6.07) is 47.9. The second kappa shape index (κ2) is 9.16. The monoisotopic (exact) mass is 637 g/mol. The number of aromatic nitrogens is 1. The van der Waals surface area contributed by atoms with Crippen molar-refractivity contribution in [3.63, 3.8) is 0 Å². The molecule has 6 aromatic carbocycles. The van der Waals surface area contributed by atoms with Crippen molar-refractivity contribution in [1.82, 2.24) is 4.57 Å². The molecule has 1 atom stereocenters. The van der Waals surface area contributed by atoms with Gasteiger partial charge in [0.1, 0.15) is 0 Å². The highest BCUT2D eigenvalue weighted by Gasteiger charge is 2.45. The van der Waals surface area contributed by atoms with Gasteiger partial charge in [0, 0.05) is 44.7 Å². The van der Waals surface area contributed by atoms with Crippen LogP contribution in [0.5, 0.6) is 0 Å². The zero-order chi connectivity index (χ0) is 32.9. The van der Waals surface area contributed by atoms with E-state index in [2.05, 4.69) is 180 Å². The lowest BCUT2D eigenvalue weighted by Crippen LogP contribution is -2.50. The molecule has 0 radical (unpaired) electrons. The van der Waals surface area contributed by atoms with Crippen LogP contribution in [0.25, 0.3) is 27.5 Å². The van der Waals surface area contributed by atoms with Gasteiger partial charge in [0.25, 0.3) is 0 Å². The van der Waals surface area contributed by atoms with Gasteiger partial charge in [-0.25, -0.2) is 0 Å². The SMILES string of the molecule is CC1(C)c2ccccc2N(c2cc3c4c(c2)-n2c5ccccc5c5cccc(c52)B4C2=CC=CC4C(=C2)N3c2ccccc24)c2ccccc21. The first kappa shape index (κ1) is 26.9. The number of hydrogen-bond donors (Lipinski definition) is 0. The first-order valence-electron chi connectivity index (χ1n) is 17.8. The Morgan fingerprint density at radius 3 is 2.12 bits per heavy atom. The predicted molar refractivity (Wildman–Crippen MR) is 209 cm³/mol. The van der Waals surface area contributed by atoms with E-state index in [1.54, 1.807) is 0 Å². The average Bonchev–Trinajstić information content (AvgIpc) is 3.48. The maximum atomic E-state index is 2.59. The minimum atomic E-state index is -0.128. The molecule has 234 valence electrons. The fourth-order valence-corrected chi connectivity index (χ4v) is 10.1. The van der Waals surface area contributed by atoms with Crippen LogP contribution in [0.1, 0.15) is 36.5 Å². The molecule has 2 bridgehead atoms. The third-order valence-electron chi connectivity index (χ3n) is 12.2.